The molecule has 0 radical (unpaired) electrons. The van der Waals surface area contributed by atoms with Crippen molar-refractivity contribution in [3.05, 3.63) is 83.4 Å². The number of anilines is 1. The summed E-state index contributed by atoms with van der Waals surface area (Å²) in [5, 5.41) is 5.14. The Labute approximate surface area is 179 Å². The van der Waals surface area contributed by atoms with Crippen molar-refractivity contribution < 1.29 is 14.3 Å². The molecule has 2 amide bonds. The zero-order valence-corrected chi connectivity index (χ0v) is 17.3. The lowest BCUT2D eigenvalue weighted by Crippen LogP contribution is -2.44. The highest BCUT2D eigenvalue weighted by atomic mass is 32.1. The SMILES string of the molecule is O=C(Nc1nccs1)C1CCCN1C(=O)COC(c1ccccc1)c1ccccc1. The van der Waals surface area contributed by atoms with Gasteiger partial charge in [0.05, 0.1) is 0 Å². The minimum Gasteiger partial charge on any atom is -0.359 e. The molecule has 6 nitrogen and oxygen atoms in total. The van der Waals surface area contributed by atoms with Gasteiger partial charge in [-0.25, -0.2) is 4.98 Å². The number of hydrogen-bond donors (Lipinski definition) is 1. The molecule has 2 aromatic carbocycles. The molecule has 1 atom stereocenters. The van der Waals surface area contributed by atoms with E-state index in [0.29, 0.717) is 18.1 Å². The summed E-state index contributed by atoms with van der Waals surface area (Å²) in [6.45, 7) is 0.467. The van der Waals surface area contributed by atoms with Crippen LogP contribution in [-0.4, -0.2) is 40.9 Å². The number of nitrogens with zero attached hydrogens (tertiary/aromatic N) is 2. The van der Waals surface area contributed by atoms with Crippen LogP contribution in [-0.2, 0) is 14.3 Å². The van der Waals surface area contributed by atoms with Crippen LogP contribution in [0.3, 0.4) is 0 Å². The predicted octanol–water partition coefficient (Wildman–Crippen LogP) is 3.88. The van der Waals surface area contributed by atoms with Crippen molar-refractivity contribution in [3.8, 4) is 0 Å². The van der Waals surface area contributed by atoms with Crippen LogP contribution in [0.15, 0.2) is 72.2 Å². The Morgan fingerprint density at radius 2 is 1.77 bits per heavy atom. The van der Waals surface area contributed by atoms with Gasteiger partial charge in [0.1, 0.15) is 18.8 Å². The van der Waals surface area contributed by atoms with Crippen LogP contribution in [0.2, 0.25) is 0 Å². The summed E-state index contributed by atoms with van der Waals surface area (Å²) in [4.78, 5) is 31.3. The third kappa shape index (κ3) is 4.75. The Bertz CT molecular complexity index is 924. The molecule has 0 aliphatic carbocycles. The van der Waals surface area contributed by atoms with E-state index in [4.69, 9.17) is 4.74 Å². The van der Waals surface area contributed by atoms with Gasteiger partial charge in [0, 0.05) is 18.1 Å². The molecule has 1 fully saturated rings. The fraction of sp³-hybridized carbons (Fsp3) is 0.261. The number of likely N-dealkylation sites (tertiary alicyclic amines) is 1. The van der Waals surface area contributed by atoms with Crippen molar-refractivity contribution in [2.75, 3.05) is 18.5 Å². The van der Waals surface area contributed by atoms with Crippen LogP contribution < -0.4 is 5.32 Å². The minimum atomic E-state index is -0.489. The molecule has 7 heteroatoms. The fourth-order valence-corrected chi connectivity index (χ4v) is 4.22. The molecule has 0 saturated carbocycles. The first-order valence-corrected chi connectivity index (χ1v) is 10.8. The first-order chi connectivity index (χ1) is 14.7. The number of aromatic nitrogens is 1. The summed E-state index contributed by atoms with van der Waals surface area (Å²) in [5.41, 5.74) is 1.96. The van der Waals surface area contributed by atoms with E-state index in [0.717, 1.165) is 17.5 Å². The summed E-state index contributed by atoms with van der Waals surface area (Å²) in [7, 11) is 0. The first-order valence-electron chi connectivity index (χ1n) is 9.93. The van der Waals surface area contributed by atoms with Crippen molar-refractivity contribution in [3.63, 3.8) is 0 Å². The number of rotatable bonds is 7. The molecule has 3 aromatic rings. The fourth-order valence-electron chi connectivity index (χ4n) is 3.69. The van der Waals surface area contributed by atoms with Gasteiger partial charge in [-0.3, -0.25) is 9.59 Å². The second-order valence-electron chi connectivity index (χ2n) is 7.08. The Kier molecular flexibility index (Phi) is 6.51. The van der Waals surface area contributed by atoms with Crippen molar-refractivity contribution in [2.24, 2.45) is 0 Å². The van der Waals surface area contributed by atoms with Crippen LogP contribution in [0.5, 0.6) is 0 Å². The monoisotopic (exact) mass is 421 g/mol. The average Bonchev–Trinajstić information content (AvgIpc) is 3.47. The summed E-state index contributed by atoms with van der Waals surface area (Å²) in [6.07, 6.45) is 2.73. The maximum atomic E-state index is 12.9. The molecule has 1 aromatic heterocycles. The topological polar surface area (TPSA) is 71.5 Å². The van der Waals surface area contributed by atoms with Crippen LogP contribution in [0.1, 0.15) is 30.1 Å². The minimum absolute atomic E-state index is 0.0878. The van der Waals surface area contributed by atoms with Crippen molar-refractivity contribution in [1.29, 1.82) is 0 Å². The van der Waals surface area contributed by atoms with E-state index < -0.39 is 6.04 Å². The summed E-state index contributed by atoms with van der Waals surface area (Å²) >= 11 is 1.36. The van der Waals surface area contributed by atoms with E-state index in [9.17, 15) is 9.59 Å². The second-order valence-corrected chi connectivity index (χ2v) is 7.98. The Morgan fingerprint density at radius 3 is 2.37 bits per heavy atom. The number of hydrogen-bond acceptors (Lipinski definition) is 5. The highest BCUT2D eigenvalue weighted by Crippen LogP contribution is 2.27. The van der Waals surface area contributed by atoms with Crippen LogP contribution in [0.25, 0.3) is 0 Å². The summed E-state index contributed by atoms with van der Waals surface area (Å²) in [6, 6.07) is 19.2. The third-order valence-electron chi connectivity index (χ3n) is 5.12. The Balaban J connectivity index is 1.43. The molecule has 1 aliphatic heterocycles. The van der Waals surface area contributed by atoms with Gasteiger partial charge in [-0.15, -0.1) is 11.3 Å². The van der Waals surface area contributed by atoms with Gasteiger partial charge in [0.25, 0.3) is 0 Å². The maximum Gasteiger partial charge on any atom is 0.249 e. The lowest BCUT2D eigenvalue weighted by atomic mass is 10.0. The summed E-state index contributed by atoms with van der Waals surface area (Å²) in [5.74, 6) is -0.373. The van der Waals surface area contributed by atoms with Gasteiger partial charge in [0.15, 0.2) is 5.13 Å². The molecule has 1 saturated heterocycles. The molecular formula is C23H23N3O3S. The first kappa shape index (κ1) is 20.3. The number of nitrogens with one attached hydrogen (secondary N) is 1. The summed E-state index contributed by atoms with van der Waals surface area (Å²) < 4.78 is 6.09. The normalized spacial score (nSPS) is 16.0. The quantitative estimate of drug-likeness (QED) is 0.629. The van der Waals surface area contributed by atoms with E-state index in [-0.39, 0.29) is 24.5 Å². The van der Waals surface area contributed by atoms with E-state index in [2.05, 4.69) is 10.3 Å². The van der Waals surface area contributed by atoms with Crippen molar-refractivity contribution in [2.45, 2.75) is 25.0 Å². The molecule has 1 N–H and O–H groups in total. The van der Waals surface area contributed by atoms with Gasteiger partial charge < -0.3 is 15.0 Å². The van der Waals surface area contributed by atoms with Gasteiger partial charge in [-0.2, -0.15) is 0 Å². The van der Waals surface area contributed by atoms with Crippen molar-refractivity contribution >= 4 is 28.3 Å². The molecule has 0 spiro atoms. The van der Waals surface area contributed by atoms with Crippen LogP contribution in [0, 0.1) is 0 Å². The predicted molar refractivity (Wildman–Crippen MR) is 116 cm³/mol. The lowest BCUT2D eigenvalue weighted by molar-refractivity contribution is -0.141. The molecular weight excluding hydrogens is 398 g/mol. The highest BCUT2D eigenvalue weighted by Gasteiger charge is 2.34. The zero-order chi connectivity index (χ0) is 20.8. The zero-order valence-electron chi connectivity index (χ0n) is 16.4. The van der Waals surface area contributed by atoms with Crippen LogP contribution >= 0.6 is 11.3 Å². The number of thiazole rings is 1. The molecule has 0 bridgehead atoms. The molecule has 30 heavy (non-hydrogen) atoms. The number of carbonyl (C=O) groups excluding carboxylic acids is 2. The average molecular weight is 422 g/mol. The van der Waals surface area contributed by atoms with Crippen molar-refractivity contribution in [1.82, 2.24) is 9.88 Å². The number of ether oxygens (including phenoxy) is 1. The number of amides is 2. The standard InChI is InChI=1S/C23H23N3O3S/c27-20(26-14-7-12-19(26)22(28)25-23-24-13-15-30-23)16-29-21(17-8-3-1-4-9-17)18-10-5-2-6-11-18/h1-6,8-11,13,15,19,21H,7,12,14,16H2,(H,24,25,28). The molecule has 4 rings (SSSR count). The number of benzene rings is 2. The van der Waals surface area contributed by atoms with Crippen LogP contribution in [0.4, 0.5) is 5.13 Å². The number of carbonyl (C=O) groups is 2. The molecule has 1 aliphatic rings. The highest BCUT2D eigenvalue weighted by molar-refractivity contribution is 7.13. The van der Waals surface area contributed by atoms with E-state index in [1.54, 1.807) is 16.5 Å². The van der Waals surface area contributed by atoms with Gasteiger partial charge in [-0.05, 0) is 24.0 Å². The second kappa shape index (κ2) is 9.65. The van der Waals surface area contributed by atoms with E-state index >= 15 is 0 Å². The molecule has 1 unspecified atom stereocenters. The van der Waals surface area contributed by atoms with E-state index in [1.165, 1.54) is 11.3 Å². The Hall–Kier alpha value is -3.03. The van der Waals surface area contributed by atoms with Gasteiger partial charge >= 0.3 is 0 Å². The maximum absolute atomic E-state index is 12.9. The third-order valence-corrected chi connectivity index (χ3v) is 5.80. The molecule has 2 heterocycles. The molecule has 154 valence electrons. The lowest BCUT2D eigenvalue weighted by Gasteiger charge is -2.25. The van der Waals surface area contributed by atoms with E-state index in [1.807, 2.05) is 60.7 Å². The Morgan fingerprint density at radius 1 is 1.10 bits per heavy atom. The van der Waals surface area contributed by atoms with Gasteiger partial charge in [0.2, 0.25) is 11.8 Å². The largest absolute Gasteiger partial charge is 0.359 e. The van der Waals surface area contributed by atoms with Gasteiger partial charge in [-0.1, -0.05) is 60.7 Å². The smallest absolute Gasteiger partial charge is 0.249 e.